The molecule has 0 saturated heterocycles. The van der Waals surface area contributed by atoms with E-state index >= 15 is 0 Å². The monoisotopic (exact) mass is 391 g/mol. The van der Waals surface area contributed by atoms with Gasteiger partial charge in [-0.1, -0.05) is 37.3 Å². The lowest BCUT2D eigenvalue weighted by Gasteiger charge is -2.13. The van der Waals surface area contributed by atoms with Gasteiger partial charge >= 0.3 is 0 Å². The van der Waals surface area contributed by atoms with Crippen LogP contribution in [0.15, 0.2) is 48.5 Å². The van der Waals surface area contributed by atoms with Crippen molar-refractivity contribution in [1.82, 2.24) is 9.55 Å². The molecule has 2 aromatic carbocycles. The van der Waals surface area contributed by atoms with Gasteiger partial charge in [-0.15, -0.1) is 0 Å². The maximum Gasteiger partial charge on any atom is 0.201 e. The first-order chi connectivity index (χ1) is 10.1. The molecule has 0 saturated carbocycles. The zero-order valence-corrected chi connectivity index (χ0v) is 14.1. The average Bonchev–Trinajstić information content (AvgIpc) is 2.80. The Bertz CT molecular complexity index is 749. The molecule has 3 rings (SSSR count). The van der Waals surface area contributed by atoms with Crippen LogP contribution in [0, 0.1) is 3.57 Å². The van der Waals surface area contributed by atoms with Crippen molar-refractivity contribution in [2.24, 2.45) is 0 Å². The van der Waals surface area contributed by atoms with E-state index in [1.165, 1.54) is 9.13 Å². The number of fused-ring (bicyclic) bond motifs is 1. The molecule has 0 aliphatic heterocycles. The molecule has 3 aromatic rings. The quantitative estimate of drug-likeness (QED) is 0.670. The smallest absolute Gasteiger partial charge is 0.201 e. The number of halogens is 1. The van der Waals surface area contributed by atoms with E-state index < -0.39 is 0 Å². The van der Waals surface area contributed by atoms with E-state index in [2.05, 4.69) is 87.6 Å². The van der Waals surface area contributed by atoms with Crippen molar-refractivity contribution in [2.45, 2.75) is 25.8 Å². The number of benzene rings is 2. The van der Waals surface area contributed by atoms with E-state index in [0.717, 1.165) is 24.0 Å². The summed E-state index contributed by atoms with van der Waals surface area (Å²) in [6.07, 6.45) is 1.05. The van der Waals surface area contributed by atoms with E-state index in [-0.39, 0.29) is 0 Å². The van der Waals surface area contributed by atoms with Crippen LogP contribution < -0.4 is 5.73 Å². The molecule has 1 atom stereocenters. The number of hydrogen-bond donors (Lipinski definition) is 1. The summed E-state index contributed by atoms with van der Waals surface area (Å²) < 4.78 is 3.30. The van der Waals surface area contributed by atoms with Gasteiger partial charge in [-0.2, -0.15) is 0 Å². The van der Waals surface area contributed by atoms with Crippen LogP contribution in [0.25, 0.3) is 11.0 Å². The fourth-order valence-electron chi connectivity index (χ4n) is 2.63. The van der Waals surface area contributed by atoms with E-state index in [0.29, 0.717) is 11.9 Å². The third-order valence-corrected chi connectivity index (χ3v) is 4.57. The minimum absolute atomic E-state index is 0.506. The predicted octanol–water partition coefficient (Wildman–Crippen LogP) is 4.42. The first kappa shape index (κ1) is 14.4. The molecule has 1 aromatic heterocycles. The summed E-state index contributed by atoms with van der Waals surface area (Å²) >= 11 is 2.30. The van der Waals surface area contributed by atoms with Gasteiger partial charge in [0.15, 0.2) is 0 Å². The fourth-order valence-corrected chi connectivity index (χ4v) is 3.10. The predicted molar refractivity (Wildman–Crippen MR) is 96.3 cm³/mol. The fraction of sp³-hybridized carbons (Fsp3) is 0.235. The second-order valence-corrected chi connectivity index (χ2v) is 6.60. The molecule has 0 aliphatic rings. The summed E-state index contributed by atoms with van der Waals surface area (Å²) in [5.41, 5.74) is 9.55. The van der Waals surface area contributed by atoms with Crippen LogP contribution in [0.1, 0.15) is 24.8 Å². The highest BCUT2D eigenvalue weighted by atomic mass is 127. The Morgan fingerprint density at radius 2 is 1.95 bits per heavy atom. The number of nitrogen functional groups attached to an aromatic ring is 1. The molecule has 21 heavy (non-hydrogen) atoms. The van der Waals surface area contributed by atoms with Crippen molar-refractivity contribution in [2.75, 3.05) is 5.73 Å². The van der Waals surface area contributed by atoms with E-state index in [9.17, 15) is 0 Å². The Kier molecular flexibility index (Phi) is 4.14. The molecule has 1 heterocycles. The van der Waals surface area contributed by atoms with Crippen molar-refractivity contribution in [3.8, 4) is 0 Å². The number of hydrogen-bond acceptors (Lipinski definition) is 2. The van der Waals surface area contributed by atoms with Crippen molar-refractivity contribution >= 4 is 39.6 Å². The zero-order chi connectivity index (χ0) is 14.8. The van der Waals surface area contributed by atoms with Gasteiger partial charge in [0.1, 0.15) is 0 Å². The summed E-state index contributed by atoms with van der Waals surface area (Å²) in [4.78, 5) is 4.46. The van der Waals surface area contributed by atoms with Gasteiger partial charge in [-0.25, -0.2) is 4.98 Å². The number of aryl methyl sites for hydroxylation is 1. The Morgan fingerprint density at radius 1 is 1.19 bits per heavy atom. The Balaban J connectivity index is 1.81. The number of nitrogens with two attached hydrogens (primary N) is 1. The molecule has 0 spiro atoms. The van der Waals surface area contributed by atoms with Gasteiger partial charge in [0.25, 0.3) is 0 Å². The standard InChI is InChI=1S/C17H18IN3/c1-12(13-5-3-2-4-6-13)9-10-21-16-8-7-14(18)11-15(16)20-17(21)19/h2-8,11-12H,9-10H2,1H3,(H2,19,20). The van der Waals surface area contributed by atoms with Gasteiger partial charge in [0, 0.05) is 10.1 Å². The van der Waals surface area contributed by atoms with E-state index in [4.69, 9.17) is 5.73 Å². The van der Waals surface area contributed by atoms with Gasteiger partial charge in [-0.3, -0.25) is 0 Å². The van der Waals surface area contributed by atoms with Crippen molar-refractivity contribution in [3.05, 3.63) is 57.7 Å². The summed E-state index contributed by atoms with van der Waals surface area (Å²) in [6, 6.07) is 16.9. The first-order valence-electron chi connectivity index (χ1n) is 7.11. The minimum Gasteiger partial charge on any atom is -0.369 e. The van der Waals surface area contributed by atoms with Crippen LogP contribution in [0.5, 0.6) is 0 Å². The second kappa shape index (κ2) is 6.05. The number of nitrogens with zero attached hydrogens (tertiary/aromatic N) is 2. The van der Waals surface area contributed by atoms with Crippen molar-refractivity contribution in [3.63, 3.8) is 0 Å². The molecule has 0 amide bonds. The molecule has 1 unspecified atom stereocenters. The SMILES string of the molecule is CC(CCn1c(N)nc2cc(I)ccc21)c1ccccc1. The van der Waals surface area contributed by atoms with Crippen LogP contribution in [-0.4, -0.2) is 9.55 Å². The number of imidazole rings is 1. The Labute approximate surface area is 138 Å². The Morgan fingerprint density at radius 3 is 2.71 bits per heavy atom. The molecule has 108 valence electrons. The van der Waals surface area contributed by atoms with Crippen molar-refractivity contribution < 1.29 is 0 Å². The normalized spacial score (nSPS) is 12.7. The maximum atomic E-state index is 6.08. The number of rotatable bonds is 4. The minimum atomic E-state index is 0.506. The van der Waals surface area contributed by atoms with Crippen LogP contribution >= 0.6 is 22.6 Å². The maximum absolute atomic E-state index is 6.08. The molecule has 0 fully saturated rings. The van der Waals surface area contributed by atoms with Crippen molar-refractivity contribution in [1.29, 1.82) is 0 Å². The van der Waals surface area contributed by atoms with Crippen LogP contribution in [0.3, 0.4) is 0 Å². The third-order valence-electron chi connectivity index (χ3n) is 3.89. The molecule has 2 N–H and O–H groups in total. The van der Waals surface area contributed by atoms with Crippen LogP contribution in [-0.2, 0) is 6.54 Å². The summed E-state index contributed by atoms with van der Waals surface area (Å²) in [6.45, 7) is 3.15. The summed E-state index contributed by atoms with van der Waals surface area (Å²) in [5.74, 6) is 1.11. The lowest BCUT2D eigenvalue weighted by atomic mass is 9.98. The highest BCUT2D eigenvalue weighted by molar-refractivity contribution is 14.1. The molecular weight excluding hydrogens is 373 g/mol. The number of aromatic nitrogens is 2. The molecule has 0 radical (unpaired) electrons. The highest BCUT2D eigenvalue weighted by Crippen LogP contribution is 2.24. The molecular formula is C17H18IN3. The molecule has 0 aliphatic carbocycles. The third kappa shape index (κ3) is 3.05. The topological polar surface area (TPSA) is 43.8 Å². The number of anilines is 1. The molecule has 4 heteroatoms. The van der Waals surface area contributed by atoms with Gasteiger partial charge in [0.05, 0.1) is 11.0 Å². The lowest BCUT2D eigenvalue weighted by Crippen LogP contribution is -2.06. The lowest BCUT2D eigenvalue weighted by molar-refractivity contribution is 0.590. The van der Waals surface area contributed by atoms with Gasteiger partial charge in [0.2, 0.25) is 5.95 Å². The van der Waals surface area contributed by atoms with Gasteiger partial charge < -0.3 is 10.3 Å². The largest absolute Gasteiger partial charge is 0.369 e. The van der Waals surface area contributed by atoms with E-state index in [1.807, 2.05) is 0 Å². The van der Waals surface area contributed by atoms with Crippen LogP contribution in [0.4, 0.5) is 5.95 Å². The summed E-state index contributed by atoms with van der Waals surface area (Å²) in [7, 11) is 0. The van der Waals surface area contributed by atoms with E-state index in [1.54, 1.807) is 0 Å². The van der Waals surface area contributed by atoms with Crippen LogP contribution in [0.2, 0.25) is 0 Å². The second-order valence-electron chi connectivity index (χ2n) is 5.36. The molecule has 3 nitrogen and oxygen atoms in total. The highest BCUT2D eigenvalue weighted by Gasteiger charge is 2.11. The average molecular weight is 391 g/mol. The first-order valence-corrected chi connectivity index (χ1v) is 8.19. The van der Waals surface area contributed by atoms with Gasteiger partial charge in [-0.05, 0) is 58.7 Å². The molecule has 0 bridgehead atoms. The zero-order valence-electron chi connectivity index (χ0n) is 12.0. The summed E-state index contributed by atoms with van der Waals surface area (Å²) in [5, 5.41) is 0. The Hall–Kier alpha value is -1.56.